The van der Waals surface area contributed by atoms with E-state index in [9.17, 15) is 18.5 Å². The second-order valence-corrected chi connectivity index (χ2v) is 8.62. The lowest BCUT2D eigenvalue weighted by molar-refractivity contribution is -0.384. The van der Waals surface area contributed by atoms with Gasteiger partial charge in [0.2, 0.25) is 10.0 Å². The Kier molecular flexibility index (Phi) is 4.99. The maximum atomic E-state index is 12.7. The van der Waals surface area contributed by atoms with Crippen molar-refractivity contribution in [1.82, 2.24) is 4.31 Å². The summed E-state index contributed by atoms with van der Waals surface area (Å²) in [5.41, 5.74) is 0.258. The summed E-state index contributed by atoms with van der Waals surface area (Å²) < 4.78 is 32.4. The highest BCUT2D eigenvalue weighted by Crippen LogP contribution is 2.34. The molecule has 0 aliphatic carbocycles. The van der Waals surface area contributed by atoms with Crippen molar-refractivity contribution in [2.24, 2.45) is 0 Å². The van der Waals surface area contributed by atoms with E-state index in [2.05, 4.69) is 0 Å². The number of ether oxygens (including phenoxy) is 1. The summed E-state index contributed by atoms with van der Waals surface area (Å²) in [4.78, 5) is 12.9. The molecule has 0 unspecified atom stereocenters. The van der Waals surface area contributed by atoms with Crippen molar-refractivity contribution in [2.75, 3.05) is 31.1 Å². The standard InChI is InChI=1S/C16H23N3O5S/c1-12-10-17(11-13(2)24-12)15-6-5-14(9-16(15)19(20)21)25(22,23)18-7-3-4-8-18/h5-6,9,12-13H,3-4,7-8,10-11H2,1-2H3/t12-,13+. The topological polar surface area (TPSA) is 93.0 Å². The fourth-order valence-corrected chi connectivity index (χ4v) is 5.07. The summed E-state index contributed by atoms with van der Waals surface area (Å²) >= 11 is 0. The van der Waals surface area contributed by atoms with Crippen LogP contribution in [0.15, 0.2) is 23.1 Å². The Balaban J connectivity index is 1.97. The Hall–Kier alpha value is -1.71. The van der Waals surface area contributed by atoms with E-state index in [0.717, 1.165) is 12.8 Å². The van der Waals surface area contributed by atoms with Crippen LogP contribution in [-0.4, -0.2) is 56.0 Å². The second-order valence-electron chi connectivity index (χ2n) is 6.68. The average Bonchev–Trinajstić information content (AvgIpc) is 3.08. The lowest BCUT2D eigenvalue weighted by Gasteiger charge is -2.36. The number of benzene rings is 1. The van der Waals surface area contributed by atoms with Crippen LogP contribution in [0.4, 0.5) is 11.4 Å². The zero-order chi connectivity index (χ0) is 18.2. The van der Waals surface area contributed by atoms with Crippen LogP contribution in [0.5, 0.6) is 0 Å². The lowest BCUT2D eigenvalue weighted by Crippen LogP contribution is -2.45. The SMILES string of the molecule is C[C@@H]1CN(c2ccc(S(=O)(=O)N3CCCC3)cc2[N+](=O)[O-])C[C@H](C)O1. The van der Waals surface area contributed by atoms with Crippen LogP contribution < -0.4 is 4.90 Å². The molecular formula is C16H23N3O5S. The molecule has 0 amide bonds. The van der Waals surface area contributed by atoms with Gasteiger partial charge >= 0.3 is 0 Å². The molecule has 0 N–H and O–H groups in total. The number of anilines is 1. The minimum Gasteiger partial charge on any atom is -0.372 e. The third-order valence-corrected chi connectivity index (χ3v) is 6.50. The van der Waals surface area contributed by atoms with Gasteiger partial charge in [-0.3, -0.25) is 10.1 Å². The van der Waals surface area contributed by atoms with Crippen LogP contribution in [0.3, 0.4) is 0 Å². The van der Waals surface area contributed by atoms with Gasteiger partial charge in [-0.1, -0.05) is 0 Å². The normalized spacial score (nSPS) is 25.3. The van der Waals surface area contributed by atoms with Gasteiger partial charge in [-0.15, -0.1) is 0 Å². The minimum absolute atomic E-state index is 0.0146. The second kappa shape index (κ2) is 6.89. The Morgan fingerprint density at radius 3 is 2.32 bits per heavy atom. The van der Waals surface area contributed by atoms with Crippen LogP contribution in [0.1, 0.15) is 26.7 Å². The average molecular weight is 369 g/mol. The monoisotopic (exact) mass is 369 g/mol. The van der Waals surface area contributed by atoms with Gasteiger partial charge in [-0.25, -0.2) is 8.42 Å². The number of rotatable bonds is 4. The van der Waals surface area contributed by atoms with Crippen LogP contribution in [-0.2, 0) is 14.8 Å². The van der Waals surface area contributed by atoms with Crippen LogP contribution in [0.2, 0.25) is 0 Å². The first-order valence-electron chi connectivity index (χ1n) is 8.48. The molecule has 3 rings (SSSR count). The Bertz CT molecular complexity index is 751. The number of nitro groups is 1. The molecule has 2 fully saturated rings. The molecule has 1 aromatic carbocycles. The van der Waals surface area contributed by atoms with E-state index < -0.39 is 14.9 Å². The molecule has 138 valence electrons. The molecule has 2 atom stereocenters. The van der Waals surface area contributed by atoms with Crippen molar-refractivity contribution in [3.05, 3.63) is 28.3 Å². The molecule has 2 aliphatic rings. The maximum absolute atomic E-state index is 12.7. The zero-order valence-electron chi connectivity index (χ0n) is 14.4. The number of morpholine rings is 1. The molecule has 25 heavy (non-hydrogen) atoms. The molecule has 0 bridgehead atoms. The van der Waals surface area contributed by atoms with Gasteiger partial charge in [0.05, 0.1) is 22.0 Å². The quantitative estimate of drug-likeness (QED) is 0.595. The van der Waals surface area contributed by atoms with Crippen molar-refractivity contribution in [1.29, 1.82) is 0 Å². The highest BCUT2D eigenvalue weighted by molar-refractivity contribution is 7.89. The van der Waals surface area contributed by atoms with Crippen molar-refractivity contribution >= 4 is 21.4 Å². The van der Waals surface area contributed by atoms with Crippen LogP contribution >= 0.6 is 0 Å². The van der Waals surface area contributed by atoms with Crippen molar-refractivity contribution in [3.63, 3.8) is 0 Å². The Morgan fingerprint density at radius 1 is 1.16 bits per heavy atom. The van der Waals surface area contributed by atoms with Gasteiger partial charge < -0.3 is 9.64 Å². The van der Waals surface area contributed by atoms with E-state index in [0.29, 0.717) is 31.9 Å². The molecule has 2 saturated heterocycles. The van der Waals surface area contributed by atoms with Gasteiger partial charge in [0.25, 0.3) is 5.69 Å². The van der Waals surface area contributed by atoms with Crippen molar-refractivity contribution in [2.45, 2.75) is 43.8 Å². The molecule has 2 aliphatic heterocycles. The number of nitrogens with zero attached hydrogens (tertiary/aromatic N) is 3. The highest BCUT2D eigenvalue weighted by Gasteiger charge is 2.32. The maximum Gasteiger partial charge on any atom is 0.293 e. The van der Waals surface area contributed by atoms with Gasteiger partial charge in [-0.05, 0) is 38.8 Å². The number of hydrogen-bond acceptors (Lipinski definition) is 6. The van der Waals surface area contributed by atoms with Gasteiger partial charge in [0.1, 0.15) is 5.69 Å². The van der Waals surface area contributed by atoms with Crippen molar-refractivity contribution < 1.29 is 18.1 Å². The summed E-state index contributed by atoms with van der Waals surface area (Å²) in [5.74, 6) is 0. The number of hydrogen-bond donors (Lipinski definition) is 0. The molecule has 0 aromatic heterocycles. The molecule has 0 spiro atoms. The molecule has 2 heterocycles. The van der Waals surface area contributed by atoms with E-state index in [1.54, 1.807) is 6.07 Å². The third kappa shape index (κ3) is 3.63. The summed E-state index contributed by atoms with van der Waals surface area (Å²) in [6.45, 7) is 5.83. The van der Waals surface area contributed by atoms with E-state index >= 15 is 0 Å². The van der Waals surface area contributed by atoms with Gasteiger partial charge in [0, 0.05) is 32.2 Å². The highest BCUT2D eigenvalue weighted by atomic mass is 32.2. The van der Waals surface area contributed by atoms with E-state index in [4.69, 9.17) is 4.74 Å². The summed E-state index contributed by atoms with van der Waals surface area (Å²) in [5, 5.41) is 11.6. The lowest BCUT2D eigenvalue weighted by atomic mass is 10.2. The molecule has 1 aromatic rings. The first-order valence-corrected chi connectivity index (χ1v) is 9.92. The first-order chi connectivity index (χ1) is 11.8. The van der Waals surface area contributed by atoms with E-state index in [1.165, 1.54) is 16.4 Å². The molecular weight excluding hydrogens is 346 g/mol. The molecule has 9 heteroatoms. The predicted molar refractivity (Wildman–Crippen MR) is 93.3 cm³/mol. The van der Waals surface area contributed by atoms with Gasteiger partial charge in [0.15, 0.2) is 0 Å². The number of nitro benzene ring substituents is 1. The van der Waals surface area contributed by atoms with Crippen molar-refractivity contribution in [3.8, 4) is 0 Å². The third-order valence-electron chi connectivity index (χ3n) is 4.61. The van der Waals surface area contributed by atoms with Crippen LogP contribution in [0, 0.1) is 10.1 Å². The fraction of sp³-hybridized carbons (Fsp3) is 0.625. The summed E-state index contributed by atoms with van der Waals surface area (Å²) in [6.07, 6.45) is 1.55. The smallest absolute Gasteiger partial charge is 0.293 e. The summed E-state index contributed by atoms with van der Waals surface area (Å²) in [6, 6.07) is 4.21. The molecule has 0 radical (unpaired) electrons. The largest absolute Gasteiger partial charge is 0.372 e. The summed E-state index contributed by atoms with van der Waals surface area (Å²) in [7, 11) is -3.68. The first kappa shape index (κ1) is 18.1. The predicted octanol–water partition coefficient (Wildman–Crippen LogP) is 1.99. The Morgan fingerprint density at radius 2 is 1.76 bits per heavy atom. The Labute approximate surface area is 147 Å². The van der Waals surface area contributed by atoms with E-state index in [1.807, 2.05) is 18.7 Å². The minimum atomic E-state index is -3.68. The zero-order valence-corrected chi connectivity index (χ0v) is 15.2. The van der Waals surface area contributed by atoms with Gasteiger partial charge in [-0.2, -0.15) is 4.31 Å². The van der Waals surface area contributed by atoms with Crippen LogP contribution in [0.25, 0.3) is 0 Å². The molecule has 8 nitrogen and oxygen atoms in total. The fourth-order valence-electron chi connectivity index (χ4n) is 3.53. The number of sulfonamides is 1. The molecule has 0 saturated carbocycles. The van der Waals surface area contributed by atoms with E-state index in [-0.39, 0.29) is 22.8 Å².